The first kappa shape index (κ1) is 21.2. The third kappa shape index (κ3) is 5.28. The molecule has 2 saturated carbocycles. The molecule has 1 aromatic rings. The molecule has 0 amide bonds. The number of hydrogen-bond acceptors (Lipinski definition) is 2. The molecule has 1 radical (unpaired) electrons. The Bertz CT molecular complexity index is 627. The van der Waals surface area contributed by atoms with Gasteiger partial charge >= 0.3 is 5.97 Å². The van der Waals surface area contributed by atoms with E-state index in [4.69, 9.17) is 5.73 Å². The van der Waals surface area contributed by atoms with Crippen molar-refractivity contribution in [2.75, 3.05) is 5.32 Å². The minimum atomic E-state index is -0.882. The minimum Gasteiger partial charge on any atom is -0.478 e. The van der Waals surface area contributed by atoms with Crippen LogP contribution in [0.5, 0.6) is 0 Å². The number of carboxylic acids is 1. The van der Waals surface area contributed by atoms with Crippen LogP contribution in [0, 0.1) is 17.8 Å². The van der Waals surface area contributed by atoms with Gasteiger partial charge < -0.3 is 10.4 Å². The summed E-state index contributed by atoms with van der Waals surface area (Å²) in [6, 6.07) is 7.42. The van der Waals surface area contributed by atoms with Crippen molar-refractivity contribution in [1.82, 2.24) is 5.73 Å². The standard InChI is InChI=1S/C24H37N2O2/c1-2-3-5-12-19-21(25)15-18(17-10-6-4-7-11-17)16-23(19)26-22-14-9-8-13-20(22)24(27)28/h8-9,13-14,17-19,21,23,25-26H,2-7,10-12,15-16H2,1H3,(H,27,28)/t18-,19?,21?,23+/m1/s1. The fourth-order valence-corrected chi connectivity index (χ4v) is 5.56. The van der Waals surface area contributed by atoms with Crippen molar-refractivity contribution in [3.8, 4) is 0 Å². The molecule has 0 aliphatic heterocycles. The topological polar surface area (TPSA) is 73.1 Å². The van der Waals surface area contributed by atoms with Crippen molar-refractivity contribution in [2.45, 2.75) is 89.6 Å². The van der Waals surface area contributed by atoms with E-state index in [2.05, 4.69) is 12.2 Å². The molecule has 4 atom stereocenters. The lowest BCUT2D eigenvalue weighted by molar-refractivity contribution is 0.0697. The normalized spacial score (nSPS) is 28.8. The maximum atomic E-state index is 11.7. The fraction of sp³-hybridized carbons (Fsp3) is 0.708. The average molecular weight is 386 g/mol. The quantitative estimate of drug-likeness (QED) is 0.539. The van der Waals surface area contributed by atoms with E-state index in [-0.39, 0.29) is 12.1 Å². The zero-order chi connectivity index (χ0) is 19.9. The zero-order valence-corrected chi connectivity index (χ0v) is 17.3. The van der Waals surface area contributed by atoms with Crippen molar-refractivity contribution < 1.29 is 9.90 Å². The fourth-order valence-electron chi connectivity index (χ4n) is 5.56. The van der Waals surface area contributed by atoms with Crippen LogP contribution in [0.4, 0.5) is 5.69 Å². The molecule has 4 heteroatoms. The summed E-state index contributed by atoms with van der Waals surface area (Å²) in [5.74, 6) is 0.804. The van der Waals surface area contributed by atoms with Crippen molar-refractivity contribution in [3.63, 3.8) is 0 Å². The van der Waals surface area contributed by atoms with Crippen LogP contribution in [-0.2, 0) is 0 Å². The van der Waals surface area contributed by atoms with Crippen LogP contribution >= 0.6 is 0 Å². The van der Waals surface area contributed by atoms with Crippen LogP contribution in [0.2, 0.25) is 0 Å². The number of benzene rings is 1. The highest BCUT2D eigenvalue weighted by atomic mass is 16.4. The van der Waals surface area contributed by atoms with Gasteiger partial charge in [-0.25, -0.2) is 4.79 Å². The monoisotopic (exact) mass is 385 g/mol. The molecule has 1 aromatic carbocycles. The molecule has 28 heavy (non-hydrogen) atoms. The number of para-hydroxylation sites is 1. The Morgan fingerprint density at radius 1 is 1.11 bits per heavy atom. The molecule has 4 nitrogen and oxygen atoms in total. The summed E-state index contributed by atoms with van der Waals surface area (Å²) in [7, 11) is 0. The molecule has 0 bridgehead atoms. The van der Waals surface area contributed by atoms with Crippen LogP contribution in [0.25, 0.3) is 0 Å². The smallest absolute Gasteiger partial charge is 0.337 e. The highest BCUT2D eigenvalue weighted by molar-refractivity contribution is 5.94. The van der Waals surface area contributed by atoms with E-state index in [1.165, 1.54) is 51.4 Å². The van der Waals surface area contributed by atoms with Gasteiger partial charge in [-0.15, -0.1) is 0 Å². The van der Waals surface area contributed by atoms with Gasteiger partial charge in [0.05, 0.1) is 5.56 Å². The average Bonchev–Trinajstić information content (AvgIpc) is 2.70. The zero-order valence-electron chi connectivity index (χ0n) is 17.3. The summed E-state index contributed by atoms with van der Waals surface area (Å²) in [5.41, 5.74) is 9.95. The van der Waals surface area contributed by atoms with Crippen molar-refractivity contribution in [1.29, 1.82) is 0 Å². The summed E-state index contributed by atoms with van der Waals surface area (Å²) in [6.07, 6.45) is 13.4. The molecule has 0 saturated heterocycles. The van der Waals surface area contributed by atoms with E-state index in [9.17, 15) is 9.90 Å². The maximum absolute atomic E-state index is 11.7. The van der Waals surface area contributed by atoms with Gasteiger partial charge in [-0.3, -0.25) is 5.73 Å². The third-order valence-electron chi connectivity index (χ3n) is 7.10. The predicted molar refractivity (Wildman–Crippen MR) is 115 cm³/mol. The second-order valence-corrected chi connectivity index (χ2v) is 9.00. The Labute approximate surface area is 170 Å². The molecule has 3 rings (SSSR count). The summed E-state index contributed by atoms with van der Waals surface area (Å²) >= 11 is 0. The van der Waals surface area contributed by atoms with E-state index >= 15 is 0 Å². The van der Waals surface area contributed by atoms with Gasteiger partial charge in [0.15, 0.2) is 0 Å². The molecule has 2 aliphatic rings. The Hall–Kier alpha value is -1.55. The van der Waals surface area contributed by atoms with Gasteiger partial charge in [-0.1, -0.05) is 70.4 Å². The van der Waals surface area contributed by atoms with Crippen LogP contribution in [0.15, 0.2) is 24.3 Å². The van der Waals surface area contributed by atoms with E-state index in [0.717, 1.165) is 30.9 Å². The van der Waals surface area contributed by atoms with Gasteiger partial charge in [0, 0.05) is 17.8 Å². The first-order chi connectivity index (χ1) is 13.6. The van der Waals surface area contributed by atoms with Crippen LogP contribution in [0.1, 0.15) is 87.9 Å². The minimum absolute atomic E-state index is 0.0352. The van der Waals surface area contributed by atoms with E-state index in [0.29, 0.717) is 17.4 Å². The van der Waals surface area contributed by atoms with Gasteiger partial charge in [0.1, 0.15) is 0 Å². The SMILES string of the molecule is CCCCCC1C([NH])C[C@@H](C2CCCCC2)C[C@@H]1Nc1ccccc1C(=O)O. The van der Waals surface area contributed by atoms with Crippen molar-refractivity contribution >= 4 is 11.7 Å². The second kappa shape index (κ2) is 10.3. The van der Waals surface area contributed by atoms with Crippen molar-refractivity contribution in [3.05, 3.63) is 29.8 Å². The first-order valence-corrected chi connectivity index (χ1v) is 11.4. The number of nitrogens with one attached hydrogen (secondary N) is 2. The number of unbranched alkanes of at least 4 members (excludes halogenated alkanes) is 2. The highest BCUT2D eigenvalue weighted by Crippen LogP contribution is 2.42. The summed E-state index contributed by atoms with van der Waals surface area (Å²) in [4.78, 5) is 11.7. The van der Waals surface area contributed by atoms with E-state index in [1.54, 1.807) is 12.1 Å². The van der Waals surface area contributed by atoms with E-state index in [1.807, 2.05) is 12.1 Å². The number of rotatable bonds is 8. The number of carboxylic acid groups (broad SMARTS) is 1. The Kier molecular flexibility index (Phi) is 7.78. The second-order valence-electron chi connectivity index (χ2n) is 9.00. The van der Waals surface area contributed by atoms with E-state index < -0.39 is 5.97 Å². The summed E-state index contributed by atoms with van der Waals surface area (Å²) in [5, 5.41) is 13.2. The molecule has 2 unspecified atom stereocenters. The predicted octanol–water partition coefficient (Wildman–Crippen LogP) is 6.00. The first-order valence-electron chi connectivity index (χ1n) is 11.4. The Morgan fingerprint density at radius 3 is 2.57 bits per heavy atom. The maximum Gasteiger partial charge on any atom is 0.337 e. The van der Waals surface area contributed by atoms with Crippen LogP contribution in [-0.4, -0.2) is 23.2 Å². The molecule has 2 aliphatic carbocycles. The Balaban J connectivity index is 1.77. The molecular formula is C24H37N2O2. The molecular weight excluding hydrogens is 348 g/mol. The third-order valence-corrected chi connectivity index (χ3v) is 7.10. The van der Waals surface area contributed by atoms with Crippen LogP contribution < -0.4 is 11.1 Å². The number of hydrogen-bond donors (Lipinski definition) is 2. The molecule has 0 aromatic heterocycles. The van der Waals surface area contributed by atoms with Gasteiger partial charge in [0.2, 0.25) is 0 Å². The van der Waals surface area contributed by atoms with Gasteiger partial charge in [-0.2, -0.15) is 0 Å². The van der Waals surface area contributed by atoms with Gasteiger partial charge in [0.25, 0.3) is 0 Å². The lowest BCUT2D eigenvalue weighted by Crippen LogP contribution is -2.46. The van der Waals surface area contributed by atoms with Crippen molar-refractivity contribution in [2.24, 2.45) is 17.8 Å². The Morgan fingerprint density at radius 2 is 1.86 bits per heavy atom. The molecule has 3 N–H and O–H groups in total. The molecule has 0 spiro atoms. The van der Waals surface area contributed by atoms with Gasteiger partial charge in [-0.05, 0) is 49.1 Å². The molecule has 155 valence electrons. The molecule has 0 heterocycles. The number of anilines is 1. The summed E-state index contributed by atoms with van der Waals surface area (Å²) < 4.78 is 0. The highest BCUT2D eigenvalue weighted by Gasteiger charge is 2.39. The van der Waals surface area contributed by atoms with Crippen LogP contribution in [0.3, 0.4) is 0 Å². The lowest BCUT2D eigenvalue weighted by Gasteiger charge is -2.44. The lowest BCUT2D eigenvalue weighted by atomic mass is 9.66. The number of carbonyl (C=O) groups is 1. The number of aromatic carboxylic acids is 1. The largest absolute Gasteiger partial charge is 0.478 e. The summed E-state index contributed by atoms with van der Waals surface area (Å²) in [6.45, 7) is 2.22. The molecule has 2 fully saturated rings.